The molecule has 0 saturated carbocycles. The maximum absolute atomic E-state index is 12.7. The zero-order valence-corrected chi connectivity index (χ0v) is 18.4. The Morgan fingerprint density at radius 1 is 1.28 bits per heavy atom. The first-order valence-corrected chi connectivity index (χ1v) is 12.2. The smallest absolute Gasteiger partial charge is 0.281 e. The van der Waals surface area contributed by atoms with E-state index in [1.54, 1.807) is 11.3 Å². The molecule has 0 aromatic carbocycles. The number of H-pyrrole nitrogens is 1. The SMILES string of the molecule is CN(C)S(=O)(=O)N1CCc2nc(C3CCN(Cc4ccsc4)CC3)[nH]c(=O)c2C1. The molecule has 29 heavy (non-hydrogen) atoms. The number of likely N-dealkylation sites (tertiary alicyclic amines) is 1. The zero-order valence-electron chi connectivity index (χ0n) is 16.8. The van der Waals surface area contributed by atoms with Gasteiger partial charge in [0.2, 0.25) is 0 Å². The van der Waals surface area contributed by atoms with Gasteiger partial charge in [-0.3, -0.25) is 9.69 Å². The van der Waals surface area contributed by atoms with Crippen LogP contribution in [-0.4, -0.2) is 65.6 Å². The molecule has 1 fully saturated rings. The largest absolute Gasteiger partial charge is 0.310 e. The Morgan fingerprint density at radius 3 is 2.69 bits per heavy atom. The first-order chi connectivity index (χ1) is 13.8. The van der Waals surface area contributed by atoms with E-state index in [1.165, 1.54) is 28.3 Å². The average molecular weight is 438 g/mol. The van der Waals surface area contributed by atoms with Gasteiger partial charge in [-0.2, -0.15) is 28.4 Å². The predicted molar refractivity (Wildman–Crippen MR) is 113 cm³/mol. The van der Waals surface area contributed by atoms with Crippen molar-refractivity contribution < 1.29 is 8.42 Å². The van der Waals surface area contributed by atoms with E-state index in [1.807, 2.05) is 0 Å². The normalized spacial score (nSPS) is 19.6. The molecule has 8 nitrogen and oxygen atoms in total. The van der Waals surface area contributed by atoms with Crippen LogP contribution in [0.4, 0.5) is 0 Å². The van der Waals surface area contributed by atoms with Gasteiger partial charge < -0.3 is 4.98 Å². The summed E-state index contributed by atoms with van der Waals surface area (Å²) in [6.07, 6.45) is 2.40. The number of hydrogen-bond acceptors (Lipinski definition) is 6. The Kier molecular flexibility index (Phi) is 5.90. The summed E-state index contributed by atoms with van der Waals surface area (Å²) in [6.45, 7) is 3.37. The van der Waals surface area contributed by atoms with Gasteiger partial charge in [-0.05, 0) is 48.3 Å². The summed E-state index contributed by atoms with van der Waals surface area (Å²) in [6, 6.07) is 2.17. The van der Waals surface area contributed by atoms with Crippen molar-refractivity contribution in [2.75, 3.05) is 33.7 Å². The second kappa shape index (κ2) is 8.27. The quantitative estimate of drug-likeness (QED) is 0.763. The summed E-state index contributed by atoms with van der Waals surface area (Å²) < 4.78 is 27.3. The number of aromatic amines is 1. The molecule has 0 spiro atoms. The number of hydrogen-bond donors (Lipinski definition) is 1. The third kappa shape index (κ3) is 4.31. The third-order valence-corrected chi connectivity index (χ3v) is 8.42. The molecule has 158 valence electrons. The molecule has 0 amide bonds. The Hall–Kier alpha value is -1.59. The minimum Gasteiger partial charge on any atom is -0.310 e. The lowest BCUT2D eigenvalue weighted by atomic mass is 9.95. The van der Waals surface area contributed by atoms with Crippen LogP contribution in [0.3, 0.4) is 0 Å². The molecule has 0 unspecified atom stereocenters. The van der Waals surface area contributed by atoms with Crippen molar-refractivity contribution in [2.24, 2.45) is 0 Å². The van der Waals surface area contributed by atoms with Crippen molar-refractivity contribution >= 4 is 21.5 Å². The highest BCUT2D eigenvalue weighted by atomic mass is 32.2. The van der Waals surface area contributed by atoms with Gasteiger partial charge in [0.05, 0.1) is 11.3 Å². The molecular formula is C19H27N5O3S2. The Labute approximate surface area is 175 Å². The maximum atomic E-state index is 12.7. The van der Waals surface area contributed by atoms with Crippen molar-refractivity contribution in [1.29, 1.82) is 0 Å². The predicted octanol–water partition coefficient (Wildman–Crippen LogP) is 1.38. The summed E-state index contributed by atoms with van der Waals surface area (Å²) in [7, 11) is -0.534. The van der Waals surface area contributed by atoms with E-state index >= 15 is 0 Å². The number of nitrogens with one attached hydrogen (secondary N) is 1. The summed E-state index contributed by atoms with van der Waals surface area (Å²) >= 11 is 1.72. The molecule has 2 aliphatic heterocycles. The van der Waals surface area contributed by atoms with Crippen LogP contribution in [0, 0.1) is 0 Å². The summed E-state index contributed by atoms with van der Waals surface area (Å²) in [5.74, 6) is 1.00. The van der Waals surface area contributed by atoms with Crippen LogP contribution >= 0.6 is 11.3 Å². The Bertz CT molecular complexity index is 1010. The summed E-state index contributed by atoms with van der Waals surface area (Å²) in [4.78, 5) is 22.8. The minimum atomic E-state index is -3.54. The van der Waals surface area contributed by atoms with Crippen LogP contribution in [0.25, 0.3) is 0 Å². The van der Waals surface area contributed by atoms with Crippen molar-refractivity contribution in [2.45, 2.75) is 38.3 Å². The second-order valence-electron chi connectivity index (χ2n) is 7.93. The highest BCUT2D eigenvalue weighted by Crippen LogP contribution is 2.27. The molecule has 2 aromatic heterocycles. The minimum absolute atomic E-state index is 0.0809. The van der Waals surface area contributed by atoms with E-state index < -0.39 is 10.2 Å². The monoisotopic (exact) mass is 437 g/mol. The fourth-order valence-electron chi connectivity index (χ4n) is 4.05. The number of thiophene rings is 1. The van der Waals surface area contributed by atoms with E-state index in [0.29, 0.717) is 18.5 Å². The van der Waals surface area contributed by atoms with Crippen LogP contribution in [-0.2, 0) is 29.7 Å². The van der Waals surface area contributed by atoms with Crippen molar-refractivity contribution in [3.8, 4) is 0 Å². The van der Waals surface area contributed by atoms with Crippen LogP contribution in [0.5, 0.6) is 0 Å². The van der Waals surface area contributed by atoms with Gasteiger partial charge in [-0.25, -0.2) is 4.98 Å². The van der Waals surface area contributed by atoms with Gasteiger partial charge in [-0.1, -0.05) is 0 Å². The van der Waals surface area contributed by atoms with Gasteiger partial charge in [-0.15, -0.1) is 0 Å². The molecule has 0 bridgehead atoms. The van der Waals surface area contributed by atoms with Crippen LogP contribution in [0.2, 0.25) is 0 Å². The number of piperidine rings is 1. The fraction of sp³-hybridized carbons (Fsp3) is 0.579. The Balaban J connectivity index is 1.45. The van der Waals surface area contributed by atoms with Gasteiger partial charge >= 0.3 is 0 Å². The summed E-state index contributed by atoms with van der Waals surface area (Å²) in [5, 5.41) is 4.29. The third-order valence-electron chi connectivity index (χ3n) is 5.80. The molecule has 0 atom stereocenters. The van der Waals surface area contributed by atoms with Crippen LogP contribution < -0.4 is 5.56 Å². The number of nitrogens with zero attached hydrogens (tertiary/aromatic N) is 4. The molecule has 2 aliphatic rings. The standard InChI is InChI=1S/C19H27N5O3S2/c1-22(2)29(26,27)24-9-5-17-16(12-24)19(25)21-18(20-17)15-3-7-23(8-4-15)11-14-6-10-28-13-14/h6,10,13,15H,3-5,7-9,11-12H2,1-2H3,(H,20,21,25). The summed E-state index contributed by atoms with van der Waals surface area (Å²) in [5.41, 5.74) is 2.37. The van der Waals surface area contributed by atoms with Crippen molar-refractivity contribution in [3.05, 3.63) is 49.8 Å². The van der Waals surface area contributed by atoms with E-state index in [4.69, 9.17) is 4.98 Å². The second-order valence-corrected chi connectivity index (χ2v) is 10.9. The molecule has 1 saturated heterocycles. The van der Waals surface area contributed by atoms with Gasteiger partial charge in [0.1, 0.15) is 5.82 Å². The molecule has 4 heterocycles. The van der Waals surface area contributed by atoms with Gasteiger partial charge in [0.25, 0.3) is 15.8 Å². The highest BCUT2D eigenvalue weighted by Gasteiger charge is 2.32. The first-order valence-electron chi connectivity index (χ1n) is 9.87. The molecule has 0 radical (unpaired) electrons. The Morgan fingerprint density at radius 2 is 2.03 bits per heavy atom. The molecule has 10 heteroatoms. The van der Waals surface area contributed by atoms with Crippen LogP contribution in [0.15, 0.2) is 21.6 Å². The topological polar surface area (TPSA) is 89.6 Å². The van der Waals surface area contributed by atoms with Gasteiger partial charge in [0.15, 0.2) is 0 Å². The average Bonchev–Trinajstić information content (AvgIpc) is 3.21. The van der Waals surface area contributed by atoms with Crippen LogP contribution in [0.1, 0.15) is 41.4 Å². The molecule has 2 aromatic rings. The molecular weight excluding hydrogens is 410 g/mol. The first kappa shape index (κ1) is 20.7. The number of fused-ring (bicyclic) bond motifs is 1. The van der Waals surface area contributed by atoms with E-state index in [0.717, 1.165) is 44.0 Å². The molecule has 4 rings (SSSR count). The zero-order chi connectivity index (χ0) is 20.6. The van der Waals surface area contributed by atoms with Crippen molar-refractivity contribution in [1.82, 2.24) is 23.5 Å². The maximum Gasteiger partial charge on any atom is 0.281 e. The lowest BCUT2D eigenvalue weighted by Crippen LogP contribution is -2.45. The van der Waals surface area contributed by atoms with Gasteiger partial charge in [0, 0.05) is 46.1 Å². The molecule has 1 N–H and O–H groups in total. The van der Waals surface area contributed by atoms with E-state index in [-0.39, 0.29) is 18.0 Å². The lowest BCUT2D eigenvalue weighted by Gasteiger charge is -2.32. The number of rotatable bonds is 5. The fourth-order valence-corrected chi connectivity index (χ4v) is 5.78. The van der Waals surface area contributed by atoms with E-state index in [9.17, 15) is 13.2 Å². The lowest BCUT2D eigenvalue weighted by molar-refractivity contribution is 0.201. The van der Waals surface area contributed by atoms with Crippen molar-refractivity contribution in [3.63, 3.8) is 0 Å². The molecule has 0 aliphatic carbocycles. The highest BCUT2D eigenvalue weighted by molar-refractivity contribution is 7.86. The number of aromatic nitrogens is 2. The van der Waals surface area contributed by atoms with E-state index in [2.05, 4.69) is 26.7 Å².